The van der Waals surface area contributed by atoms with Crippen LogP contribution in [0.3, 0.4) is 0 Å². The number of aryl methyl sites for hydroxylation is 1. The van der Waals surface area contributed by atoms with E-state index >= 15 is 0 Å². The van der Waals surface area contributed by atoms with E-state index in [1.54, 1.807) is 6.26 Å². The van der Waals surface area contributed by atoms with E-state index in [4.69, 9.17) is 10.2 Å². The molecule has 1 aromatic carbocycles. The van der Waals surface area contributed by atoms with Gasteiger partial charge >= 0.3 is 0 Å². The predicted octanol–water partition coefficient (Wildman–Crippen LogP) is 4.41. The summed E-state index contributed by atoms with van der Waals surface area (Å²) in [5, 5.41) is 1.08. The van der Waals surface area contributed by atoms with Crippen molar-refractivity contribution in [2.24, 2.45) is 11.7 Å². The lowest BCUT2D eigenvalue weighted by atomic mass is 9.90. The molecule has 0 bridgehead atoms. The highest BCUT2D eigenvalue weighted by Crippen LogP contribution is 2.29. The zero-order valence-electron chi connectivity index (χ0n) is 16.2. The van der Waals surface area contributed by atoms with Gasteiger partial charge in [-0.2, -0.15) is 0 Å². The van der Waals surface area contributed by atoms with Gasteiger partial charge in [0.25, 0.3) is 0 Å². The highest BCUT2D eigenvalue weighted by atomic mass is 35.5. The van der Waals surface area contributed by atoms with Gasteiger partial charge in [0.2, 0.25) is 5.91 Å². The molecular formula is C21H31ClN2O2. The topological polar surface area (TPSA) is 59.5 Å². The Balaban J connectivity index is 0.00000243. The summed E-state index contributed by atoms with van der Waals surface area (Å²) in [4.78, 5) is 14.7. The summed E-state index contributed by atoms with van der Waals surface area (Å²) in [5.74, 6) is 1.19. The minimum Gasteiger partial charge on any atom is -0.464 e. The zero-order valence-corrected chi connectivity index (χ0v) is 17.1. The predicted molar refractivity (Wildman–Crippen MR) is 109 cm³/mol. The monoisotopic (exact) mass is 378 g/mol. The number of amides is 1. The molecule has 1 unspecified atom stereocenters. The first-order chi connectivity index (χ1) is 11.9. The number of nitrogens with zero attached hydrogens (tertiary/aromatic N) is 1. The molecule has 1 aliphatic rings. The standard InChI is InChI=1S/C21H30N2O2.ClH/c1-13(2)18-11-19-17(12-25-20(19)9-14(18)3)10-21(24)23-7-5-16(6-8-23)15(4)22;/h9,11-13,15-16H,5-8,10,22H2,1-4H3;1H. The lowest BCUT2D eigenvalue weighted by molar-refractivity contribution is -0.131. The third kappa shape index (κ3) is 4.24. The van der Waals surface area contributed by atoms with Crippen molar-refractivity contribution in [1.29, 1.82) is 0 Å². The van der Waals surface area contributed by atoms with E-state index in [2.05, 4.69) is 39.8 Å². The average Bonchev–Trinajstić information content (AvgIpc) is 2.95. The summed E-state index contributed by atoms with van der Waals surface area (Å²) in [7, 11) is 0. The van der Waals surface area contributed by atoms with Gasteiger partial charge in [-0.3, -0.25) is 4.79 Å². The van der Waals surface area contributed by atoms with Gasteiger partial charge in [-0.25, -0.2) is 0 Å². The number of likely N-dealkylation sites (tertiary alicyclic amines) is 1. The molecule has 4 nitrogen and oxygen atoms in total. The molecule has 2 N–H and O–H groups in total. The van der Waals surface area contributed by atoms with Crippen molar-refractivity contribution < 1.29 is 9.21 Å². The highest BCUT2D eigenvalue weighted by Gasteiger charge is 2.25. The van der Waals surface area contributed by atoms with Crippen LogP contribution in [-0.4, -0.2) is 29.9 Å². The van der Waals surface area contributed by atoms with Gasteiger partial charge in [-0.1, -0.05) is 13.8 Å². The van der Waals surface area contributed by atoms with Crippen LogP contribution in [0.15, 0.2) is 22.8 Å². The van der Waals surface area contributed by atoms with Crippen molar-refractivity contribution in [3.63, 3.8) is 0 Å². The molecule has 5 heteroatoms. The molecule has 0 spiro atoms. The Bertz CT molecular complexity index is 759. The average molecular weight is 379 g/mol. The first-order valence-corrected chi connectivity index (χ1v) is 9.40. The first kappa shape index (κ1) is 20.8. The number of furan rings is 1. The summed E-state index contributed by atoms with van der Waals surface area (Å²) >= 11 is 0. The summed E-state index contributed by atoms with van der Waals surface area (Å²) in [5.41, 5.74) is 10.4. The molecule has 0 saturated carbocycles. The van der Waals surface area contributed by atoms with Crippen LogP contribution >= 0.6 is 12.4 Å². The van der Waals surface area contributed by atoms with Gasteiger partial charge in [0.05, 0.1) is 12.7 Å². The maximum absolute atomic E-state index is 12.7. The van der Waals surface area contributed by atoms with Crippen molar-refractivity contribution >= 4 is 29.3 Å². The summed E-state index contributed by atoms with van der Waals surface area (Å²) in [6.07, 6.45) is 4.18. The van der Waals surface area contributed by atoms with E-state index < -0.39 is 0 Å². The van der Waals surface area contributed by atoms with Crippen LogP contribution < -0.4 is 5.73 Å². The number of carbonyl (C=O) groups is 1. The minimum absolute atomic E-state index is 0. The van der Waals surface area contributed by atoms with Crippen LogP contribution in [0.5, 0.6) is 0 Å². The molecule has 1 saturated heterocycles. The molecular weight excluding hydrogens is 348 g/mol. The van der Waals surface area contributed by atoms with E-state index in [1.165, 1.54) is 11.1 Å². The second-order valence-corrected chi connectivity index (χ2v) is 7.87. The number of hydrogen-bond donors (Lipinski definition) is 1. The lowest BCUT2D eigenvalue weighted by Gasteiger charge is -2.33. The highest BCUT2D eigenvalue weighted by molar-refractivity contribution is 5.88. The molecule has 26 heavy (non-hydrogen) atoms. The zero-order chi connectivity index (χ0) is 18.1. The van der Waals surface area contributed by atoms with Crippen molar-refractivity contribution in [1.82, 2.24) is 4.90 Å². The van der Waals surface area contributed by atoms with Crippen LogP contribution in [-0.2, 0) is 11.2 Å². The Hall–Kier alpha value is -1.52. The summed E-state index contributed by atoms with van der Waals surface area (Å²) < 4.78 is 5.71. The lowest BCUT2D eigenvalue weighted by Crippen LogP contribution is -2.43. The quantitative estimate of drug-likeness (QED) is 0.856. The number of carbonyl (C=O) groups excluding carboxylic acids is 1. The molecule has 1 atom stereocenters. The number of piperidine rings is 1. The second kappa shape index (κ2) is 8.45. The Morgan fingerprint density at radius 2 is 1.92 bits per heavy atom. The molecule has 0 radical (unpaired) electrons. The van der Waals surface area contributed by atoms with Crippen LogP contribution in [0.2, 0.25) is 0 Å². The van der Waals surface area contributed by atoms with Gasteiger partial charge in [0.15, 0.2) is 0 Å². The van der Waals surface area contributed by atoms with Crippen LogP contribution in [0.25, 0.3) is 11.0 Å². The van der Waals surface area contributed by atoms with Gasteiger partial charge < -0.3 is 15.1 Å². The third-order valence-electron chi connectivity index (χ3n) is 5.64. The number of nitrogens with two attached hydrogens (primary N) is 1. The fraction of sp³-hybridized carbons (Fsp3) is 0.571. The van der Waals surface area contributed by atoms with E-state index in [-0.39, 0.29) is 24.4 Å². The van der Waals surface area contributed by atoms with Crippen LogP contribution in [0, 0.1) is 12.8 Å². The SMILES string of the molecule is Cc1cc2occ(CC(=O)N3CCC(C(C)N)CC3)c2cc1C(C)C.Cl. The van der Waals surface area contributed by atoms with Gasteiger partial charge in [0, 0.05) is 30.1 Å². The molecule has 1 fully saturated rings. The maximum atomic E-state index is 12.7. The largest absolute Gasteiger partial charge is 0.464 e. The molecule has 3 rings (SSSR count). The molecule has 2 heterocycles. The van der Waals surface area contributed by atoms with Crippen molar-refractivity contribution in [2.45, 2.75) is 58.9 Å². The Labute approximate surface area is 162 Å². The van der Waals surface area contributed by atoms with E-state index in [9.17, 15) is 4.79 Å². The van der Waals surface area contributed by atoms with E-state index in [0.29, 0.717) is 18.3 Å². The maximum Gasteiger partial charge on any atom is 0.227 e. The fourth-order valence-electron chi connectivity index (χ4n) is 3.95. The second-order valence-electron chi connectivity index (χ2n) is 7.87. The number of rotatable bonds is 4. The minimum atomic E-state index is 0. The third-order valence-corrected chi connectivity index (χ3v) is 5.64. The van der Waals surface area contributed by atoms with E-state index in [0.717, 1.165) is 42.5 Å². The molecule has 2 aromatic rings. The fourth-order valence-corrected chi connectivity index (χ4v) is 3.95. The number of fused-ring (bicyclic) bond motifs is 1. The van der Waals surface area contributed by atoms with Crippen LogP contribution in [0.4, 0.5) is 0 Å². The number of hydrogen-bond acceptors (Lipinski definition) is 3. The molecule has 1 amide bonds. The molecule has 0 aliphatic carbocycles. The molecule has 144 valence electrons. The van der Waals surface area contributed by atoms with Crippen LogP contribution in [0.1, 0.15) is 56.2 Å². The number of halogens is 1. The van der Waals surface area contributed by atoms with Gasteiger partial charge in [0.1, 0.15) is 5.58 Å². The van der Waals surface area contributed by atoms with Crippen molar-refractivity contribution in [2.75, 3.05) is 13.1 Å². The van der Waals surface area contributed by atoms with Gasteiger partial charge in [-0.05, 0) is 61.8 Å². The molecule has 1 aliphatic heterocycles. The first-order valence-electron chi connectivity index (χ1n) is 9.40. The Kier molecular flexibility index (Phi) is 6.75. The van der Waals surface area contributed by atoms with Gasteiger partial charge in [-0.15, -0.1) is 12.4 Å². The normalized spacial score (nSPS) is 16.8. The smallest absolute Gasteiger partial charge is 0.227 e. The number of benzene rings is 1. The van der Waals surface area contributed by atoms with Crippen molar-refractivity contribution in [3.05, 3.63) is 35.1 Å². The molecule has 1 aromatic heterocycles. The van der Waals surface area contributed by atoms with E-state index in [1.807, 2.05) is 4.90 Å². The Morgan fingerprint density at radius 1 is 1.27 bits per heavy atom. The Morgan fingerprint density at radius 3 is 2.50 bits per heavy atom. The summed E-state index contributed by atoms with van der Waals surface area (Å²) in [6, 6.07) is 4.50. The summed E-state index contributed by atoms with van der Waals surface area (Å²) in [6.45, 7) is 10.2. The van der Waals surface area contributed by atoms with Crippen molar-refractivity contribution in [3.8, 4) is 0 Å².